The molecule has 0 saturated carbocycles. The normalized spacial score (nSPS) is 12.3. The number of methoxy groups -OCH3 is 1. The standard InChI is InChI=1S/C16H26N2O2/c1-11(2)16(19)18-9-8-17-13(4)14-7-6-12(3)10-15(14)20-5/h6-7,10-11,13,17H,8-9H2,1-5H3,(H,18,19). The second-order valence-electron chi connectivity index (χ2n) is 5.37. The molecule has 112 valence electrons. The van der Waals surface area contributed by atoms with E-state index in [4.69, 9.17) is 4.74 Å². The van der Waals surface area contributed by atoms with E-state index in [-0.39, 0.29) is 17.9 Å². The molecule has 2 N–H and O–H groups in total. The molecule has 0 saturated heterocycles. The van der Waals surface area contributed by atoms with E-state index < -0.39 is 0 Å². The summed E-state index contributed by atoms with van der Waals surface area (Å²) in [7, 11) is 1.69. The minimum atomic E-state index is 0.0321. The molecule has 1 aromatic rings. The third kappa shape index (κ3) is 4.85. The number of hydrogen-bond acceptors (Lipinski definition) is 3. The molecule has 1 amide bonds. The highest BCUT2D eigenvalue weighted by Gasteiger charge is 2.11. The maximum absolute atomic E-state index is 11.4. The third-order valence-corrected chi connectivity index (χ3v) is 3.25. The number of carbonyl (C=O) groups is 1. The highest BCUT2D eigenvalue weighted by Crippen LogP contribution is 2.25. The Morgan fingerprint density at radius 1 is 1.25 bits per heavy atom. The van der Waals surface area contributed by atoms with Crippen molar-refractivity contribution in [2.45, 2.75) is 33.7 Å². The van der Waals surface area contributed by atoms with Gasteiger partial charge in [-0.2, -0.15) is 0 Å². The van der Waals surface area contributed by atoms with E-state index in [1.54, 1.807) is 7.11 Å². The molecular formula is C16H26N2O2. The van der Waals surface area contributed by atoms with E-state index in [1.807, 2.05) is 26.8 Å². The van der Waals surface area contributed by atoms with Crippen molar-refractivity contribution in [3.05, 3.63) is 29.3 Å². The van der Waals surface area contributed by atoms with Gasteiger partial charge in [0, 0.05) is 30.6 Å². The number of ether oxygens (including phenoxy) is 1. The van der Waals surface area contributed by atoms with Gasteiger partial charge in [0.25, 0.3) is 0 Å². The molecule has 0 aliphatic rings. The molecule has 1 aromatic carbocycles. The molecule has 4 nitrogen and oxygen atoms in total. The topological polar surface area (TPSA) is 50.4 Å². The van der Waals surface area contributed by atoms with Crippen molar-refractivity contribution >= 4 is 5.91 Å². The lowest BCUT2D eigenvalue weighted by Crippen LogP contribution is -2.35. The smallest absolute Gasteiger partial charge is 0.222 e. The highest BCUT2D eigenvalue weighted by molar-refractivity contribution is 5.77. The van der Waals surface area contributed by atoms with Gasteiger partial charge < -0.3 is 15.4 Å². The van der Waals surface area contributed by atoms with Crippen LogP contribution in [0.5, 0.6) is 5.75 Å². The summed E-state index contributed by atoms with van der Waals surface area (Å²) >= 11 is 0. The Morgan fingerprint density at radius 3 is 2.55 bits per heavy atom. The van der Waals surface area contributed by atoms with Gasteiger partial charge in [0.2, 0.25) is 5.91 Å². The highest BCUT2D eigenvalue weighted by atomic mass is 16.5. The second kappa shape index (κ2) is 7.90. The summed E-state index contributed by atoms with van der Waals surface area (Å²) < 4.78 is 5.41. The largest absolute Gasteiger partial charge is 0.496 e. The molecular weight excluding hydrogens is 252 g/mol. The third-order valence-electron chi connectivity index (χ3n) is 3.25. The summed E-state index contributed by atoms with van der Waals surface area (Å²) in [5.74, 6) is 1.02. The fraction of sp³-hybridized carbons (Fsp3) is 0.562. The molecule has 20 heavy (non-hydrogen) atoms. The second-order valence-corrected chi connectivity index (χ2v) is 5.37. The Balaban J connectivity index is 2.47. The maximum atomic E-state index is 11.4. The Hall–Kier alpha value is -1.55. The van der Waals surface area contributed by atoms with E-state index in [0.717, 1.165) is 17.9 Å². The lowest BCUT2D eigenvalue weighted by molar-refractivity contribution is -0.123. The molecule has 1 unspecified atom stereocenters. The van der Waals surface area contributed by atoms with Crippen LogP contribution < -0.4 is 15.4 Å². The SMILES string of the molecule is COc1cc(C)ccc1C(C)NCCNC(=O)C(C)C. The van der Waals surface area contributed by atoms with Gasteiger partial charge in [0.05, 0.1) is 7.11 Å². The van der Waals surface area contributed by atoms with Crippen LogP contribution in [-0.4, -0.2) is 26.1 Å². The van der Waals surface area contributed by atoms with Crippen LogP contribution in [0.15, 0.2) is 18.2 Å². The van der Waals surface area contributed by atoms with E-state index in [9.17, 15) is 4.79 Å². The van der Waals surface area contributed by atoms with E-state index in [2.05, 4.69) is 29.7 Å². The first kappa shape index (κ1) is 16.5. The van der Waals surface area contributed by atoms with Crippen molar-refractivity contribution in [2.75, 3.05) is 20.2 Å². The van der Waals surface area contributed by atoms with Crippen LogP contribution in [0, 0.1) is 12.8 Å². The monoisotopic (exact) mass is 278 g/mol. The molecule has 0 radical (unpaired) electrons. The number of nitrogens with one attached hydrogen (secondary N) is 2. The van der Waals surface area contributed by atoms with E-state index in [0.29, 0.717) is 6.54 Å². The zero-order chi connectivity index (χ0) is 15.1. The molecule has 0 bridgehead atoms. The lowest BCUT2D eigenvalue weighted by atomic mass is 10.0. The number of hydrogen-bond donors (Lipinski definition) is 2. The fourth-order valence-electron chi connectivity index (χ4n) is 1.96. The van der Waals surface area contributed by atoms with Gasteiger partial charge in [-0.05, 0) is 25.5 Å². The molecule has 0 aliphatic carbocycles. The van der Waals surface area contributed by atoms with Gasteiger partial charge in [0.1, 0.15) is 5.75 Å². The summed E-state index contributed by atoms with van der Waals surface area (Å²) in [6, 6.07) is 6.38. The predicted molar refractivity (Wildman–Crippen MR) is 82.0 cm³/mol. The molecule has 0 spiro atoms. The molecule has 0 aromatic heterocycles. The Morgan fingerprint density at radius 2 is 1.95 bits per heavy atom. The summed E-state index contributed by atoms with van der Waals surface area (Å²) in [4.78, 5) is 11.4. The van der Waals surface area contributed by atoms with Crippen molar-refractivity contribution in [3.63, 3.8) is 0 Å². The van der Waals surface area contributed by atoms with Crippen molar-refractivity contribution < 1.29 is 9.53 Å². The van der Waals surface area contributed by atoms with E-state index >= 15 is 0 Å². The number of carbonyl (C=O) groups excluding carboxylic acids is 1. The van der Waals surface area contributed by atoms with Crippen LogP contribution in [0.2, 0.25) is 0 Å². The fourth-order valence-corrected chi connectivity index (χ4v) is 1.96. The lowest BCUT2D eigenvalue weighted by Gasteiger charge is -2.18. The van der Waals surface area contributed by atoms with Gasteiger partial charge in [0.15, 0.2) is 0 Å². The minimum absolute atomic E-state index is 0.0321. The van der Waals surface area contributed by atoms with Crippen molar-refractivity contribution in [1.82, 2.24) is 10.6 Å². The van der Waals surface area contributed by atoms with Crippen LogP contribution >= 0.6 is 0 Å². The van der Waals surface area contributed by atoms with Gasteiger partial charge in [-0.15, -0.1) is 0 Å². The molecule has 1 rings (SSSR count). The van der Waals surface area contributed by atoms with Crippen LogP contribution in [0.25, 0.3) is 0 Å². The number of aryl methyl sites for hydroxylation is 1. The zero-order valence-electron chi connectivity index (χ0n) is 13.1. The Labute approximate surface area is 121 Å². The maximum Gasteiger partial charge on any atom is 0.222 e. The van der Waals surface area contributed by atoms with Crippen LogP contribution in [0.1, 0.15) is 37.9 Å². The van der Waals surface area contributed by atoms with Gasteiger partial charge in [-0.3, -0.25) is 4.79 Å². The van der Waals surface area contributed by atoms with Crippen LogP contribution in [0.4, 0.5) is 0 Å². The van der Waals surface area contributed by atoms with Crippen LogP contribution in [-0.2, 0) is 4.79 Å². The van der Waals surface area contributed by atoms with Gasteiger partial charge in [-0.25, -0.2) is 0 Å². The zero-order valence-corrected chi connectivity index (χ0v) is 13.1. The van der Waals surface area contributed by atoms with Crippen molar-refractivity contribution in [1.29, 1.82) is 0 Å². The molecule has 1 atom stereocenters. The Kier molecular flexibility index (Phi) is 6.52. The first-order valence-electron chi connectivity index (χ1n) is 7.11. The van der Waals surface area contributed by atoms with Crippen molar-refractivity contribution in [2.24, 2.45) is 5.92 Å². The van der Waals surface area contributed by atoms with Crippen molar-refractivity contribution in [3.8, 4) is 5.75 Å². The number of rotatable bonds is 7. The minimum Gasteiger partial charge on any atom is -0.496 e. The Bertz CT molecular complexity index is 444. The summed E-state index contributed by atoms with van der Waals surface area (Å²) in [5, 5.41) is 6.29. The number of amides is 1. The average molecular weight is 278 g/mol. The first-order chi connectivity index (χ1) is 9.45. The quantitative estimate of drug-likeness (QED) is 0.753. The van der Waals surface area contributed by atoms with E-state index in [1.165, 1.54) is 5.56 Å². The molecule has 0 heterocycles. The van der Waals surface area contributed by atoms with Gasteiger partial charge in [-0.1, -0.05) is 26.0 Å². The molecule has 0 fully saturated rings. The average Bonchev–Trinajstić information content (AvgIpc) is 2.42. The molecule has 0 aliphatic heterocycles. The summed E-state index contributed by atoms with van der Waals surface area (Å²) in [6.07, 6.45) is 0. The first-order valence-corrected chi connectivity index (χ1v) is 7.11. The molecule has 4 heteroatoms. The van der Waals surface area contributed by atoms with Gasteiger partial charge >= 0.3 is 0 Å². The predicted octanol–water partition coefficient (Wildman–Crippen LogP) is 2.43. The summed E-state index contributed by atoms with van der Waals surface area (Å²) in [5.41, 5.74) is 2.32. The van der Waals surface area contributed by atoms with Crippen LogP contribution in [0.3, 0.4) is 0 Å². The number of benzene rings is 1. The summed E-state index contributed by atoms with van der Waals surface area (Å²) in [6.45, 7) is 9.29.